The average Bonchev–Trinajstić information content (AvgIpc) is 2.88. The highest BCUT2D eigenvalue weighted by Crippen LogP contribution is 2.28. The Labute approximate surface area is 135 Å². The van der Waals surface area contributed by atoms with Gasteiger partial charge in [-0.2, -0.15) is 0 Å². The predicted molar refractivity (Wildman–Crippen MR) is 87.6 cm³/mol. The number of urea groups is 1. The van der Waals surface area contributed by atoms with Crippen molar-refractivity contribution in [2.75, 3.05) is 11.9 Å². The Kier molecular flexibility index (Phi) is 5.20. The van der Waals surface area contributed by atoms with E-state index in [4.69, 9.17) is 0 Å². The molecule has 1 aromatic carbocycles. The third-order valence-corrected chi connectivity index (χ3v) is 4.23. The molecular weight excluding hydrogens is 298 g/mol. The number of anilines is 1. The van der Waals surface area contributed by atoms with Crippen LogP contribution in [0.15, 0.2) is 12.1 Å². The van der Waals surface area contributed by atoms with Gasteiger partial charge in [-0.15, -0.1) is 0 Å². The number of nitrogens with zero attached hydrogens (tertiary/aromatic N) is 2. The normalized spacial score (nSPS) is 18.8. The SMILES string of the molecule is Cc1cc(C)c([N+](=O)[O-])cc1NC(=O)N1CCCC1CC(C)O. The number of likely N-dealkylation sites (tertiary alicyclic amines) is 1. The van der Waals surface area contributed by atoms with E-state index in [9.17, 15) is 20.0 Å². The summed E-state index contributed by atoms with van der Waals surface area (Å²) in [5.74, 6) is 0. The summed E-state index contributed by atoms with van der Waals surface area (Å²) < 4.78 is 0. The maximum Gasteiger partial charge on any atom is 0.322 e. The molecule has 0 saturated carbocycles. The van der Waals surface area contributed by atoms with Crippen LogP contribution in [-0.2, 0) is 0 Å². The summed E-state index contributed by atoms with van der Waals surface area (Å²) in [6.45, 7) is 5.83. The minimum absolute atomic E-state index is 0.00662. The van der Waals surface area contributed by atoms with Gasteiger partial charge in [-0.05, 0) is 51.7 Å². The van der Waals surface area contributed by atoms with Crippen molar-refractivity contribution in [3.05, 3.63) is 33.4 Å². The zero-order valence-corrected chi connectivity index (χ0v) is 13.7. The summed E-state index contributed by atoms with van der Waals surface area (Å²) in [5.41, 5.74) is 1.80. The van der Waals surface area contributed by atoms with Crippen LogP contribution < -0.4 is 5.32 Å². The van der Waals surface area contributed by atoms with Crippen LogP contribution in [0.5, 0.6) is 0 Å². The maximum atomic E-state index is 12.5. The third-order valence-electron chi connectivity index (χ3n) is 4.23. The first-order valence-electron chi connectivity index (χ1n) is 7.81. The summed E-state index contributed by atoms with van der Waals surface area (Å²) in [6, 6.07) is 2.85. The molecule has 2 unspecified atom stereocenters. The molecule has 126 valence electrons. The van der Waals surface area contributed by atoms with Gasteiger partial charge in [-0.3, -0.25) is 10.1 Å². The van der Waals surface area contributed by atoms with Gasteiger partial charge in [0.25, 0.3) is 5.69 Å². The van der Waals surface area contributed by atoms with Crippen LogP contribution in [0.1, 0.15) is 37.3 Å². The van der Waals surface area contributed by atoms with Gasteiger partial charge >= 0.3 is 6.03 Å². The topological polar surface area (TPSA) is 95.7 Å². The van der Waals surface area contributed by atoms with Crippen molar-refractivity contribution >= 4 is 17.4 Å². The summed E-state index contributed by atoms with van der Waals surface area (Å²) >= 11 is 0. The number of nitro groups is 1. The van der Waals surface area contributed by atoms with E-state index >= 15 is 0 Å². The fourth-order valence-electron chi connectivity index (χ4n) is 3.10. The number of hydrogen-bond acceptors (Lipinski definition) is 4. The summed E-state index contributed by atoms with van der Waals surface area (Å²) in [7, 11) is 0. The molecule has 2 amide bonds. The molecule has 7 nitrogen and oxygen atoms in total. The minimum Gasteiger partial charge on any atom is -0.393 e. The number of amides is 2. The molecule has 0 aliphatic carbocycles. The number of hydrogen-bond donors (Lipinski definition) is 2. The van der Waals surface area contributed by atoms with E-state index in [-0.39, 0.29) is 17.8 Å². The van der Waals surface area contributed by atoms with Crippen molar-refractivity contribution in [3.8, 4) is 0 Å². The molecule has 7 heteroatoms. The van der Waals surface area contributed by atoms with Crippen molar-refractivity contribution < 1.29 is 14.8 Å². The highest BCUT2D eigenvalue weighted by molar-refractivity contribution is 5.91. The van der Waals surface area contributed by atoms with E-state index in [0.717, 1.165) is 18.4 Å². The molecule has 0 aromatic heterocycles. The second-order valence-electron chi connectivity index (χ2n) is 6.22. The number of nitrogens with one attached hydrogen (secondary N) is 1. The zero-order valence-electron chi connectivity index (χ0n) is 13.7. The first kappa shape index (κ1) is 17.2. The molecule has 1 heterocycles. The van der Waals surface area contributed by atoms with E-state index in [1.165, 1.54) is 6.07 Å². The van der Waals surface area contributed by atoms with Crippen molar-refractivity contribution in [1.29, 1.82) is 0 Å². The summed E-state index contributed by atoms with van der Waals surface area (Å²) in [5, 5.41) is 23.4. The number of carbonyl (C=O) groups is 1. The van der Waals surface area contributed by atoms with Crippen LogP contribution in [0.25, 0.3) is 0 Å². The Morgan fingerprint density at radius 3 is 2.78 bits per heavy atom. The summed E-state index contributed by atoms with van der Waals surface area (Å²) in [4.78, 5) is 24.8. The average molecular weight is 321 g/mol. The monoisotopic (exact) mass is 321 g/mol. The molecule has 1 saturated heterocycles. The fourth-order valence-corrected chi connectivity index (χ4v) is 3.10. The molecule has 2 atom stereocenters. The first-order valence-corrected chi connectivity index (χ1v) is 7.81. The van der Waals surface area contributed by atoms with Gasteiger partial charge in [0.15, 0.2) is 0 Å². The Bertz CT molecular complexity index is 616. The van der Waals surface area contributed by atoms with Gasteiger partial charge in [-0.25, -0.2) is 4.79 Å². The third kappa shape index (κ3) is 3.98. The molecule has 1 aliphatic heterocycles. The van der Waals surface area contributed by atoms with E-state index in [1.54, 1.807) is 24.8 Å². The molecule has 1 fully saturated rings. The van der Waals surface area contributed by atoms with Crippen molar-refractivity contribution in [3.63, 3.8) is 0 Å². The number of aryl methyl sites for hydroxylation is 2. The number of nitro benzene ring substituents is 1. The number of aliphatic hydroxyl groups excluding tert-OH is 1. The van der Waals surface area contributed by atoms with E-state index in [0.29, 0.717) is 24.2 Å². The lowest BCUT2D eigenvalue weighted by atomic mass is 10.1. The predicted octanol–water partition coefficient (Wildman–Crippen LogP) is 2.98. The Morgan fingerprint density at radius 1 is 1.48 bits per heavy atom. The van der Waals surface area contributed by atoms with E-state index in [2.05, 4.69) is 5.32 Å². The lowest BCUT2D eigenvalue weighted by molar-refractivity contribution is -0.385. The Balaban J connectivity index is 2.16. The molecule has 0 spiro atoms. The van der Waals surface area contributed by atoms with Gasteiger partial charge in [0.2, 0.25) is 0 Å². The van der Waals surface area contributed by atoms with Crippen LogP contribution in [0, 0.1) is 24.0 Å². The highest BCUT2D eigenvalue weighted by atomic mass is 16.6. The van der Waals surface area contributed by atoms with Gasteiger partial charge in [0, 0.05) is 24.2 Å². The van der Waals surface area contributed by atoms with Crippen molar-refractivity contribution in [2.45, 2.75) is 52.2 Å². The fraction of sp³-hybridized carbons (Fsp3) is 0.562. The second kappa shape index (κ2) is 6.95. The standard InChI is InChI=1S/C16H23N3O4/c1-10-7-11(2)15(19(22)23)9-14(10)17-16(21)18-6-4-5-13(18)8-12(3)20/h7,9,12-13,20H,4-6,8H2,1-3H3,(H,17,21). The molecule has 1 aromatic rings. The van der Waals surface area contributed by atoms with Crippen LogP contribution in [0.3, 0.4) is 0 Å². The number of rotatable bonds is 4. The van der Waals surface area contributed by atoms with Gasteiger partial charge in [-0.1, -0.05) is 0 Å². The summed E-state index contributed by atoms with van der Waals surface area (Å²) in [6.07, 6.45) is 1.85. The molecule has 0 radical (unpaired) electrons. The molecule has 2 N–H and O–H groups in total. The smallest absolute Gasteiger partial charge is 0.322 e. The number of aliphatic hydroxyl groups is 1. The highest BCUT2D eigenvalue weighted by Gasteiger charge is 2.30. The van der Waals surface area contributed by atoms with Gasteiger partial charge in [0.1, 0.15) is 0 Å². The lowest BCUT2D eigenvalue weighted by Gasteiger charge is -2.26. The Hall–Kier alpha value is -2.15. The van der Waals surface area contributed by atoms with Crippen molar-refractivity contribution in [2.24, 2.45) is 0 Å². The lowest BCUT2D eigenvalue weighted by Crippen LogP contribution is -2.40. The van der Waals surface area contributed by atoms with Crippen LogP contribution in [0.4, 0.5) is 16.2 Å². The number of benzene rings is 1. The maximum absolute atomic E-state index is 12.5. The Morgan fingerprint density at radius 2 is 2.17 bits per heavy atom. The second-order valence-corrected chi connectivity index (χ2v) is 6.22. The van der Waals surface area contributed by atoms with Gasteiger partial charge < -0.3 is 15.3 Å². The van der Waals surface area contributed by atoms with Gasteiger partial charge in [0.05, 0.1) is 16.7 Å². The zero-order chi connectivity index (χ0) is 17.1. The molecule has 2 rings (SSSR count). The minimum atomic E-state index is -0.462. The van der Waals surface area contributed by atoms with E-state index in [1.807, 2.05) is 6.92 Å². The number of carbonyl (C=O) groups excluding carboxylic acids is 1. The van der Waals surface area contributed by atoms with Crippen LogP contribution >= 0.6 is 0 Å². The van der Waals surface area contributed by atoms with Crippen LogP contribution in [0.2, 0.25) is 0 Å². The van der Waals surface area contributed by atoms with E-state index < -0.39 is 11.0 Å². The first-order chi connectivity index (χ1) is 10.8. The molecule has 1 aliphatic rings. The van der Waals surface area contributed by atoms with Crippen LogP contribution in [-0.4, -0.2) is 39.7 Å². The molecular formula is C16H23N3O4. The largest absolute Gasteiger partial charge is 0.393 e. The molecule has 23 heavy (non-hydrogen) atoms. The molecule has 0 bridgehead atoms. The quantitative estimate of drug-likeness (QED) is 0.658. The van der Waals surface area contributed by atoms with Crippen molar-refractivity contribution in [1.82, 2.24) is 4.90 Å².